The molecule has 0 bridgehead atoms. The fourth-order valence-corrected chi connectivity index (χ4v) is 2.08. The van der Waals surface area contributed by atoms with Crippen LogP contribution >= 0.6 is 15.9 Å². The molecule has 0 aliphatic rings. The zero-order chi connectivity index (χ0) is 13.1. The molecule has 96 valence electrons. The van der Waals surface area contributed by atoms with E-state index in [1.54, 1.807) is 17.1 Å². The number of pyridine rings is 1. The van der Waals surface area contributed by atoms with Gasteiger partial charge in [-0.1, -0.05) is 0 Å². The maximum absolute atomic E-state index is 5.45. The van der Waals surface area contributed by atoms with Crippen LogP contribution in [-0.2, 0) is 6.54 Å². The lowest BCUT2D eigenvalue weighted by molar-refractivity contribution is 0.495. The maximum Gasteiger partial charge on any atom is 0.176 e. The van der Waals surface area contributed by atoms with Gasteiger partial charge in [0.25, 0.3) is 0 Å². The van der Waals surface area contributed by atoms with Gasteiger partial charge in [-0.05, 0) is 46.3 Å². The third-order valence-electron chi connectivity index (χ3n) is 2.59. The zero-order valence-corrected chi connectivity index (χ0v) is 11.5. The van der Waals surface area contributed by atoms with E-state index in [1.807, 2.05) is 36.5 Å². The molecule has 3 rings (SSSR count). The van der Waals surface area contributed by atoms with E-state index in [0.29, 0.717) is 6.54 Å². The Labute approximate surface area is 118 Å². The Kier molecular flexibility index (Phi) is 3.33. The van der Waals surface area contributed by atoms with E-state index in [1.165, 1.54) is 0 Å². The summed E-state index contributed by atoms with van der Waals surface area (Å²) < 4.78 is 7.89. The molecule has 0 aliphatic heterocycles. The van der Waals surface area contributed by atoms with Crippen LogP contribution in [0.4, 0.5) is 5.69 Å². The van der Waals surface area contributed by atoms with Crippen molar-refractivity contribution in [3.8, 4) is 5.82 Å². The quantitative estimate of drug-likeness (QED) is 0.802. The predicted octanol–water partition coefficient (Wildman–Crippen LogP) is 3.23. The molecule has 0 saturated carbocycles. The summed E-state index contributed by atoms with van der Waals surface area (Å²) in [6, 6.07) is 9.49. The summed E-state index contributed by atoms with van der Waals surface area (Å²) in [5, 5.41) is 7.48. The van der Waals surface area contributed by atoms with E-state index < -0.39 is 0 Å². The molecular formula is C13H11BrN4O. The standard InChI is InChI=1S/C13H11BrN4O/c14-12-5-4-10(19-12)9-16-11-3-1-6-15-13(11)18-8-2-7-17-18/h1-8,16H,9H2. The van der Waals surface area contributed by atoms with Crippen LogP contribution < -0.4 is 5.32 Å². The van der Waals surface area contributed by atoms with Crippen molar-refractivity contribution in [2.24, 2.45) is 0 Å². The second-order valence-electron chi connectivity index (χ2n) is 3.88. The number of aromatic nitrogens is 3. The van der Waals surface area contributed by atoms with Gasteiger partial charge in [0.1, 0.15) is 5.76 Å². The first-order valence-corrected chi connectivity index (χ1v) is 6.55. The number of hydrogen-bond acceptors (Lipinski definition) is 4. The third-order valence-corrected chi connectivity index (χ3v) is 3.02. The Morgan fingerprint density at radius 3 is 2.89 bits per heavy atom. The van der Waals surface area contributed by atoms with Gasteiger partial charge in [-0.25, -0.2) is 9.67 Å². The Balaban J connectivity index is 1.81. The summed E-state index contributed by atoms with van der Waals surface area (Å²) >= 11 is 3.28. The molecule has 3 heterocycles. The Morgan fingerprint density at radius 1 is 1.21 bits per heavy atom. The minimum atomic E-state index is 0.589. The van der Waals surface area contributed by atoms with Gasteiger partial charge < -0.3 is 9.73 Å². The van der Waals surface area contributed by atoms with Crippen LogP contribution in [0.1, 0.15) is 5.76 Å². The molecule has 0 amide bonds. The second kappa shape index (κ2) is 5.27. The van der Waals surface area contributed by atoms with E-state index in [2.05, 4.69) is 31.3 Å². The van der Waals surface area contributed by atoms with Gasteiger partial charge in [0.15, 0.2) is 10.5 Å². The smallest absolute Gasteiger partial charge is 0.176 e. The van der Waals surface area contributed by atoms with Crippen LogP contribution in [-0.4, -0.2) is 14.8 Å². The molecule has 0 saturated heterocycles. The lowest BCUT2D eigenvalue weighted by atomic mass is 10.3. The lowest BCUT2D eigenvalue weighted by Crippen LogP contribution is -2.06. The summed E-state index contributed by atoms with van der Waals surface area (Å²) in [4.78, 5) is 4.34. The summed E-state index contributed by atoms with van der Waals surface area (Å²) in [5.41, 5.74) is 0.902. The Hall–Kier alpha value is -2.08. The highest BCUT2D eigenvalue weighted by atomic mass is 79.9. The van der Waals surface area contributed by atoms with Gasteiger partial charge in [-0.15, -0.1) is 0 Å². The van der Waals surface area contributed by atoms with Crippen molar-refractivity contribution in [3.05, 3.63) is 59.4 Å². The van der Waals surface area contributed by atoms with Gasteiger partial charge in [0.05, 0.1) is 12.2 Å². The van der Waals surface area contributed by atoms with Crippen molar-refractivity contribution in [2.75, 3.05) is 5.32 Å². The van der Waals surface area contributed by atoms with Crippen LogP contribution in [0.5, 0.6) is 0 Å². The number of rotatable bonds is 4. The van der Waals surface area contributed by atoms with Gasteiger partial charge in [0.2, 0.25) is 0 Å². The molecule has 5 nitrogen and oxygen atoms in total. The molecule has 0 unspecified atom stereocenters. The predicted molar refractivity (Wildman–Crippen MR) is 75.1 cm³/mol. The fraction of sp³-hybridized carbons (Fsp3) is 0.0769. The topological polar surface area (TPSA) is 55.9 Å². The van der Waals surface area contributed by atoms with Crippen molar-refractivity contribution < 1.29 is 4.42 Å². The normalized spacial score (nSPS) is 10.6. The highest BCUT2D eigenvalue weighted by Crippen LogP contribution is 2.19. The average molecular weight is 319 g/mol. The van der Waals surface area contributed by atoms with E-state index >= 15 is 0 Å². The summed E-state index contributed by atoms with van der Waals surface area (Å²) in [6.07, 6.45) is 5.32. The highest BCUT2D eigenvalue weighted by molar-refractivity contribution is 9.10. The number of halogens is 1. The Morgan fingerprint density at radius 2 is 2.16 bits per heavy atom. The van der Waals surface area contributed by atoms with E-state index in [4.69, 9.17) is 4.42 Å². The molecule has 0 spiro atoms. The SMILES string of the molecule is Brc1ccc(CNc2cccnc2-n2cccn2)o1. The van der Waals surface area contributed by atoms with E-state index in [-0.39, 0.29) is 0 Å². The number of hydrogen-bond donors (Lipinski definition) is 1. The summed E-state index contributed by atoms with van der Waals surface area (Å²) in [5.74, 6) is 1.61. The van der Waals surface area contributed by atoms with Crippen LogP contribution in [0, 0.1) is 0 Å². The number of nitrogens with one attached hydrogen (secondary N) is 1. The van der Waals surface area contributed by atoms with E-state index in [9.17, 15) is 0 Å². The van der Waals surface area contributed by atoms with Gasteiger partial charge in [-0.3, -0.25) is 0 Å². The van der Waals surface area contributed by atoms with Gasteiger partial charge in [-0.2, -0.15) is 5.10 Å². The van der Waals surface area contributed by atoms with Crippen molar-refractivity contribution in [2.45, 2.75) is 6.54 Å². The largest absolute Gasteiger partial charge is 0.452 e. The summed E-state index contributed by atoms with van der Waals surface area (Å²) in [6.45, 7) is 0.589. The zero-order valence-electron chi connectivity index (χ0n) is 9.95. The Bertz CT molecular complexity index is 663. The van der Waals surface area contributed by atoms with Crippen LogP contribution in [0.25, 0.3) is 5.82 Å². The third kappa shape index (κ3) is 2.68. The molecule has 0 aliphatic carbocycles. The number of nitrogens with zero attached hydrogens (tertiary/aromatic N) is 3. The first-order chi connectivity index (χ1) is 9.33. The molecule has 3 aromatic rings. The molecule has 6 heteroatoms. The van der Waals surface area contributed by atoms with Crippen LogP contribution in [0.15, 0.2) is 58.0 Å². The molecule has 19 heavy (non-hydrogen) atoms. The highest BCUT2D eigenvalue weighted by Gasteiger charge is 2.06. The molecule has 1 N–H and O–H groups in total. The molecule has 3 aromatic heterocycles. The van der Waals surface area contributed by atoms with Gasteiger partial charge >= 0.3 is 0 Å². The number of anilines is 1. The molecular weight excluding hydrogens is 308 g/mol. The molecule has 0 atom stereocenters. The minimum Gasteiger partial charge on any atom is -0.452 e. The minimum absolute atomic E-state index is 0.589. The van der Waals surface area contributed by atoms with Crippen LogP contribution in [0.3, 0.4) is 0 Å². The second-order valence-corrected chi connectivity index (χ2v) is 4.67. The lowest BCUT2D eigenvalue weighted by Gasteiger charge is -2.09. The maximum atomic E-state index is 5.45. The van der Waals surface area contributed by atoms with E-state index in [0.717, 1.165) is 21.9 Å². The first-order valence-electron chi connectivity index (χ1n) is 5.76. The summed E-state index contributed by atoms with van der Waals surface area (Å²) in [7, 11) is 0. The first kappa shape index (κ1) is 12.0. The van der Waals surface area contributed by atoms with Gasteiger partial charge in [0, 0.05) is 18.6 Å². The average Bonchev–Trinajstić information content (AvgIpc) is 3.08. The monoisotopic (exact) mass is 318 g/mol. The molecule has 0 fully saturated rings. The van der Waals surface area contributed by atoms with Crippen molar-refractivity contribution >= 4 is 21.6 Å². The van der Waals surface area contributed by atoms with Crippen molar-refractivity contribution in [3.63, 3.8) is 0 Å². The van der Waals surface area contributed by atoms with Crippen molar-refractivity contribution in [1.29, 1.82) is 0 Å². The number of furan rings is 1. The van der Waals surface area contributed by atoms with Crippen LogP contribution in [0.2, 0.25) is 0 Å². The fourth-order valence-electron chi connectivity index (χ4n) is 1.74. The molecule has 0 aromatic carbocycles. The molecule has 0 radical (unpaired) electrons. The van der Waals surface area contributed by atoms with Crippen molar-refractivity contribution in [1.82, 2.24) is 14.8 Å².